The molecule has 1 aliphatic carbocycles. The van der Waals surface area contributed by atoms with Crippen LogP contribution in [0.5, 0.6) is 0 Å². The summed E-state index contributed by atoms with van der Waals surface area (Å²) in [6.45, 7) is 10.4. The van der Waals surface area contributed by atoms with E-state index in [1.54, 1.807) is 71.0 Å². The lowest BCUT2D eigenvalue weighted by Crippen LogP contribution is -2.65. The Balaban J connectivity index is 1.42. The summed E-state index contributed by atoms with van der Waals surface area (Å²) in [4.78, 5) is 68.6. The van der Waals surface area contributed by atoms with Gasteiger partial charge in [0.1, 0.15) is 5.60 Å². The van der Waals surface area contributed by atoms with Gasteiger partial charge in [0.25, 0.3) is 0 Å². The maximum absolute atomic E-state index is 13.7. The van der Waals surface area contributed by atoms with E-state index in [4.69, 9.17) is 4.74 Å². The number of ether oxygens (including phenoxy) is 1. The number of nitrogens with zero attached hydrogens (tertiary/aromatic N) is 2. The van der Waals surface area contributed by atoms with Crippen LogP contribution in [0.4, 0.5) is 21.9 Å². The Morgan fingerprint density at radius 3 is 1.59 bits per heavy atom. The maximum atomic E-state index is 13.7. The van der Waals surface area contributed by atoms with Crippen molar-refractivity contribution in [1.29, 1.82) is 0 Å². The van der Waals surface area contributed by atoms with E-state index in [1.165, 1.54) is 12.1 Å². The fourth-order valence-electron chi connectivity index (χ4n) is 6.24. The number of benzene rings is 2. The number of imide groups is 2. The van der Waals surface area contributed by atoms with Gasteiger partial charge in [0.05, 0.1) is 34.0 Å². The van der Waals surface area contributed by atoms with E-state index in [2.05, 4.69) is 5.32 Å². The van der Waals surface area contributed by atoms with Gasteiger partial charge < -0.3 is 4.74 Å². The molecule has 192 valence electrons. The third-order valence-electron chi connectivity index (χ3n) is 7.72. The molecule has 1 saturated carbocycles. The lowest BCUT2D eigenvalue weighted by molar-refractivity contribution is -0.179. The fraction of sp³-hybridized carbons (Fsp3) is 0.393. The summed E-state index contributed by atoms with van der Waals surface area (Å²) in [5.74, 6) is -3.84. The van der Waals surface area contributed by atoms with Crippen molar-refractivity contribution in [2.75, 3.05) is 15.1 Å². The van der Waals surface area contributed by atoms with E-state index < -0.39 is 58.0 Å². The summed E-state index contributed by atoms with van der Waals surface area (Å²) in [5, 5.41) is 2.61. The van der Waals surface area contributed by atoms with Gasteiger partial charge in [-0.05, 0) is 77.9 Å². The van der Waals surface area contributed by atoms with Crippen LogP contribution in [-0.2, 0) is 23.9 Å². The van der Waals surface area contributed by atoms with Crippen molar-refractivity contribution in [2.24, 2.45) is 22.7 Å². The van der Waals surface area contributed by atoms with Crippen molar-refractivity contribution in [3.05, 3.63) is 54.1 Å². The lowest BCUT2D eigenvalue weighted by atomic mass is 9.41. The molecule has 2 heterocycles. The molecule has 1 N–H and O–H groups in total. The second kappa shape index (κ2) is 7.74. The lowest BCUT2D eigenvalue weighted by Gasteiger charge is -2.53. The highest BCUT2D eigenvalue weighted by molar-refractivity contribution is 6.34. The van der Waals surface area contributed by atoms with Crippen LogP contribution in [0, 0.1) is 29.6 Å². The van der Waals surface area contributed by atoms with Crippen LogP contribution in [0.25, 0.3) is 0 Å². The predicted octanol–water partition coefficient (Wildman–Crippen LogP) is 4.05. The average molecular weight is 504 g/mol. The van der Waals surface area contributed by atoms with Crippen molar-refractivity contribution in [3.63, 3.8) is 0 Å². The minimum absolute atomic E-state index is 0.303. The van der Waals surface area contributed by atoms with Gasteiger partial charge in [-0.3, -0.25) is 24.5 Å². The SMILES string of the molecule is Cc1ccc(N2C(=O)C3C(C)(C2=O)C2C(=O)N(c4ccc(NC(=O)OC(C)(C)C)cc4)C(=O)C32C)cc1. The molecule has 0 bridgehead atoms. The van der Waals surface area contributed by atoms with Crippen molar-refractivity contribution in [3.8, 4) is 0 Å². The number of nitrogens with one attached hydrogen (secondary N) is 1. The number of anilines is 3. The molecule has 2 aliphatic heterocycles. The summed E-state index contributed by atoms with van der Waals surface area (Å²) in [7, 11) is 0. The summed E-state index contributed by atoms with van der Waals surface area (Å²) in [6.07, 6.45) is -0.630. The van der Waals surface area contributed by atoms with E-state index in [9.17, 15) is 24.0 Å². The second-order valence-electron chi connectivity index (χ2n) is 11.4. The van der Waals surface area contributed by atoms with Crippen LogP contribution in [-0.4, -0.2) is 35.3 Å². The maximum Gasteiger partial charge on any atom is 0.412 e. The van der Waals surface area contributed by atoms with Gasteiger partial charge in [0.15, 0.2) is 0 Å². The van der Waals surface area contributed by atoms with Gasteiger partial charge in [-0.2, -0.15) is 0 Å². The summed E-state index contributed by atoms with van der Waals surface area (Å²) in [6, 6.07) is 13.2. The zero-order valence-corrected chi connectivity index (χ0v) is 21.6. The molecule has 0 spiro atoms. The molecule has 0 radical (unpaired) electrons. The molecule has 37 heavy (non-hydrogen) atoms. The Morgan fingerprint density at radius 2 is 1.19 bits per heavy atom. The largest absolute Gasteiger partial charge is 0.444 e. The van der Waals surface area contributed by atoms with Gasteiger partial charge in [0, 0.05) is 5.69 Å². The van der Waals surface area contributed by atoms with Gasteiger partial charge in [-0.1, -0.05) is 17.7 Å². The van der Waals surface area contributed by atoms with Gasteiger partial charge in [0.2, 0.25) is 23.6 Å². The van der Waals surface area contributed by atoms with Crippen LogP contribution in [0.3, 0.4) is 0 Å². The second-order valence-corrected chi connectivity index (χ2v) is 11.4. The Labute approximate surface area is 214 Å². The molecule has 3 aliphatic rings. The first-order valence-electron chi connectivity index (χ1n) is 12.1. The van der Waals surface area contributed by atoms with E-state index in [0.29, 0.717) is 17.1 Å². The number of carbonyl (C=O) groups is 5. The molecule has 5 amide bonds. The molecule has 9 heteroatoms. The van der Waals surface area contributed by atoms with Crippen molar-refractivity contribution in [2.45, 2.75) is 47.1 Å². The number of hydrogen-bond acceptors (Lipinski definition) is 6. The Morgan fingerprint density at radius 1 is 0.784 bits per heavy atom. The smallest absolute Gasteiger partial charge is 0.412 e. The molecular weight excluding hydrogens is 474 g/mol. The summed E-state index contributed by atoms with van der Waals surface area (Å²) in [5.41, 5.74) is -1.16. The van der Waals surface area contributed by atoms with Crippen molar-refractivity contribution >= 4 is 46.8 Å². The van der Waals surface area contributed by atoms with E-state index >= 15 is 0 Å². The van der Waals surface area contributed by atoms with Crippen LogP contribution >= 0.6 is 0 Å². The summed E-state index contributed by atoms with van der Waals surface area (Å²) >= 11 is 0. The summed E-state index contributed by atoms with van der Waals surface area (Å²) < 4.78 is 5.24. The number of amides is 5. The minimum atomic E-state index is -1.33. The quantitative estimate of drug-likeness (QED) is 0.633. The first kappa shape index (κ1) is 24.7. The standard InChI is InChI=1S/C28H29N3O6/c1-15-7-11-17(12-8-15)30-21(32)19-27(5,23(30)34)20-22(33)31(24(35)28(19,20)6)18-13-9-16(10-14-18)29-25(36)37-26(2,3)4/h7-14,19-20H,1-6H3,(H,29,36). The molecule has 2 aromatic carbocycles. The normalized spacial score (nSPS) is 28.7. The van der Waals surface area contributed by atoms with Gasteiger partial charge in [-0.25, -0.2) is 14.6 Å². The average Bonchev–Trinajstić information content (AvgIpc) is 3.08. The number of rotatable bonds is 3. The highest BCUT2D eigenvalue weighted by atomic mass is 16.6. The molecule has 2 aromatic rings. The van der Waals surface area contributed by atoms with Crippen molar-refractivity contribution < 1.29 is 28.7 Å². The number of hydrogen-bond donors (Lipinski definition) is 1. The molecule has 4 unspecified atom stereocenters. The Kier molecular flexibility index (Phi) is 5.16. The number of carbonyl (C=O) groups excluding carboxylic acids is 5. The van der Waals surface area contributed by atoms with Crippen molar-refractivity contribution in [1.82, 2.24) is 0 Å². The zero-order valence-electron chi connectivity index (χ0n) is 21.6. The third kappa shape index (κ3) is 3.33. The fourth-order valence-corrected chi connectivity index (χ4v) is 6.24. The van der Waals surface area contributed by atoms with Crippen LogP contribution < -0.4 is 15.1 Å². The van der Waals surface area contributed by atoms with E-state index in [0.717, 1.165) is 15.4 Å². The monoisotopic (exact) mass is 503 g/mol. The zero-order chi connectivity index (χ0) is 27.1. The molecule has 4 atom stereocenters. The minimum Gasteiger partial charge on any atom is -0.444 e. The van der Waals surface area contributed by atoms with Gasteiger partial charge in [-0.15, -0.1) is 0 Å². The molecular formula is C28H29N3O6. The van der Waals surface area contributed by atoms with Crippen LogP contribution in [0.2, 0.25) is 0 Å². The highest BCUT2D eigenvalue weighted by Gasteiger charge is 2.85. The topological polar surface area (TPSA) is 113 Å². The van der Waals surface area contributed by atoms with Crippen LogP contribution in [0.1, 0.15) is 40.2 Å². The van der Waals surface area contributed by atoms with E-state index in [-0.39, 0.29) is 0 Å². The first-order valence-corrected chi connectivity index (χ1v) is 12.1. The molecule has 0 aromatic heterocycles. The number of aryl methyl sites for hydroxylation is 1. The molecule has 3 fully saturated rings. The molecule has 5 rings (SSSR count). The Bertz CT molecular complexity index is 1360. The van der Waals surface area contributed by atoms with Crippen LogP contribution in [0.15, 0.2) is 48.5 Å². The highest BCUT2D eigenvalue weighted by Crippen LogP contribution is 2.71. The Hall–Kier alpha value is -4.01. The number of fused-ring (bicyclic) bond motifs is 4. The molecule has 2 saturated heterocycles. The predicted molar refractivity (Wildman–Crippen MR) is 136 cm³/mol. The third-order valence-corrected chi connectivity index (χ3v) is 7.72. The van der Waals surface area contributed by atoms with Gasteiger partial charge >= 0.3 is 6.09 Å². The van der Waals surface area contributed by atoms with E-state index in [1.807, 2.05) is 6.92 Å². The first-order chi connectivity index (χ1) is 17.2. The molecule has 9 nitrogen and oxygen atoms in total.